The van der Waals surface area contributed by atoms with Crippen LogP contribution in [0.3, 0.4) is 0 Å². The third-order valence-electron chi connectivity index (χ3n) is 2.89. The molecule has 0 radical (unpaired) electrons. The summed E-state index contributed by atoms with van der Waals surface area (Å²) in [7, 11) is 1.90. The molecule has 1 unspecified atom stereocenters. The number of nitrogens with zero attached hydrogens (tertiary/aromatic N) is 5. The monoisotopic (exact) mass is 277 g/mol. The smallest absolute Gasteiger partial charge is 0.186 e. The number of H-pyrrole nitrogens is 1. The van der Waals surface area contributed by atoms with Gasteiger partial charge in [0.25, 0.3) is 0 Å². The van der Waals surface area contributed by atoms with Crippen LogP contribution < -0.4 is 5.32 Å². The number of fused-ring (bicyclic) bond motifs is 1. The van der Waals surface area contributed by atoms with Gasteiger partial charge >= 0.3 is 0 Å². The molecule has 0 saturated carbocycles. The second-order valence-electron chi connectivity index (χ2n) is 4.53. The Balaban J connectivity index is 1.87. The average molecular weight is 277 g/mol. The van der Waals surface area contributed by atoms with Crippen LogP contribution in [-0.2, 0) is 7.05 Å². The van der Waals surface area contributed by atoms with Gasteiger partial charge in [0.15, 0.2) is 16.6 Å². The molecule has 7 nitrogen and oxygen atoms in total. The van der Waals surface area contributed by atoms with Crippen LogP contribution in [0.4, 0.5) is 5.13 Å². The molecule has 0 saturated heterocycles. The van der Waals surface area contributed by atoms with E-state index in [-0.39, 0.29) is 6.04 Å². The quantitative estimate of drug-likeness (QED) is 0.764. The number of aromatic amines is 1. The van der Waals surface area contributed by atoms with Crippen LogP contribution in [0.25, 0.3) is 10.3 Å². The lowest BCUT2D eigenvalue weighted by molar-refractivity contribution is 0.770. The molecule has 0 aliphatic carbocycles. The van der Waals surface area contributed by atoms with E-state index in [1.165, 1.54) is 0 Å². The Morgan fingerprint density at radius 2 is 2.11 bits per heavy atom. The van der Waals surface area contributed by atoms with E-state index in [4.69, 9.17) is 0 Å². The van der Waals surface area contributed by atoms with Gasteiger partial charge in [0.05, 0.1) is 16.4 Å². The molecule has 3 aromatic rings. The van der Waals surface area contributed by atoms with Crippen LogP contribution in [0.2, 0.25) is 0 Å². The second kappa shape index (κ2) is 4.30. The number of aromatic nitrogens is 6. The Morgan fingerprint density at radius 1 is 1.32 bits per heavy atom. The summed E-state index contributed by atoms with van der Waals surface area (Å²) < 4.78 is 2.91. The lowest BCUT2D eigenvalue weighted by atomic mass is 10.3. The summed E-state index contributed by atoms with van der Waals surface area (Å²) in [4.78, 5) is 8.86. The van der Waals surface area contributed by atoms with E-state index in [0.29, 0.717) is 0 Å². The fourth-order valence-electron chi connectivity index (χ4n) is 1.95. The number of anilines is 1. The Hall–Kier alpha value is -1.96. The van der Waals surface area contributed by atoms with Crippen molar-refractivity contribution in [2.75, 3.05) is 5.32 Å². The van der Waals surface area contributed by atoms with Crippen molar-refractivity contribution in [1.82, 2.24) is 29.9 Å². The summed E-state index contributed by atoms with van der Waals surface area (Å²) in [5, 5.41) is 15.5. The zero-order chi connectivity index (χ0) is 13.6. The minimum Gasteiger partial charge on any atom is -0.352 e. The minimum atomic E-state index is 0.0128. The molecule has 3 aromatic heterocycles. The van der Waals surface area contributed by atoms with E-state index >= 15 is 0 Å². The molecule has 0 fully saturated rings. The van der Waals surface area contributed by atoms with E-state index in [1.807, 2.05) is 27.8 Å². The number of hydrogen-bond donors (Lipinski definition) is 2. The number of aryl methyl sites for hydroxylation is 3. The zero-order valence-electron chi connectivity index (χ0n) is 11.2. The summed E-state index contributed by atoms with van der Waals surface area (Å²) in [6.07, 6.45) is 0. The molecule has 2 N–H and O–H groups in total. The van der Waals surface area contributed by atoms with Gasteiger partial charge in [0, 0.05) is 7.05 Å². The lowest BCUT2D eigenvalue weighted by Crippen LogP contribution is -2.08. The summed E-state index contributed by atoms with van der Waals surface area (Å²) >= 11 is 1.60. The van der Waals surface area contributed by atoms with E-state index in [9.17, 15) is 0 Å². The molecular formula is C11H15N7S. The molecule has 8 heteroatoms. The molecule has 19 heavy (non-hydrogen) atoms. The first kappa shape index (κ1) is 12.1. The minimum absolute atomic E-state index is 0.0128. The molecule has 0 amide bonds. The van der Waals surface area contributed by atoms with Crippen LogP contribution in [0.5, 0.6) is 0 Å². The third kappa shape index (κ3) is 2.07. The Morgan fingerprint density at radius 3 is 2.74 bits per heavy atom. The first-order chi connectivity index (χ1) is 9.04. The predicted molar refractivity (Wildman–Crippen MR) is 74.3 cm³/mol. The van der Waals surface area contributed by atoms with Gasteiger partial charge in [-0.3, -0.25) is 5.10 Å². The van der Waals surface area contributed by atoms with E-state index in [2.05, 4.69) is 30.6 Å². The molecule has 1 atom stereocenters. The normalized spacial score (nSPS) is 13.1. The highest BCUT2D eigenvalue weighted by atomic mass is 32.1. The van der Waals surface area contributed by atoms with Crippen LogP contribution in [-0.4, -0.2) is 29.9 Å². The molecule has 0 spiro atoms. The maximum Gasteiger partial charge on any atom is 0.186 e. The third-order valence-corrected chi connectivity index (χ3v) is 3.97. The van der Waals surface area contributed by atoms with Crippen molar-refractivity contribution < 1.29 is 0 Å². The highest BCUT2D eigenvalue weighted by molar-refractivity contribution is 7.22. The topological polar surface area (TPSA) is 84.3 Å². The molecule has 3 rings (SSSR count). The standard InChI is InChI=1S/C11H15N7S/c1-5-8-10(18(4)17-5)14-11(19-8)12-6(2)9-13-7(3)15-16-9/h6H,1-4H3,(H,12,14)(H,13,15,16). The van der Waals surface area contributed by atoms with Crippen molar-refractivity contribution in [1.29, 1.82) is 0 Å². The van der Waals surface area contributed by atoms with E-state index < -0.39 is 0 Å². The van der Waals surface area contributed by atoms with Crippen molar-refractivity contribution in [2.24, 2.45) is 7.05 Å². The van der Waals surface area contributed by atoms with Crippen molar-refractivity contribution in [2.45, 2.75) is 26.8 Å². The first-order valence-corrected chi connectivity index (χ1v) is 6.82. The first-order valence-electron chi connectivity index (χ1n) is 6.00. The van der Waals surface area contributed by atoms with Gasteiger partial charge in [-0.2, -0.15) is 10.2 Å². The summed E-state index contributed by atoms with van der Waals surface area (Å²) in [6, 6.07) is 0.0128. The molecular weight excluding hydrogens is 262 g/mol. The highest BCUT2D eigenvalue weighted by Gasteiger charge is 2.15. The molecule has 0 bridgehead atoms. The van der Waals surface area contributed by atoms with Crippen LogP contribution in [0.15, 0.2) is 0 Å². The van der Waals surface area contributed by atoms with Crippen LogP contribution in [0.1, 0.15) is 30.3 Å². The van der Waals surface area contributed by atoms with Crippen molar-refractivity contribution in [3.05, 3.63) is 17.3 Å². The molecule has 0 aliphatic rings. The maximum absolute atomic E-state index is 4.55. The second-order valence-corrected chi connectivity index (χ2v) is 5.52. The average Bonchev–Trinajstić information content (AvgIpc) is 3.00. The fourth-order valence-corrected chi connectivity index (χ4v) is 2.97. The fraction of sp³-hybridized carbons (Fsp3) is 0.455. The molecule has 3 heterocycles. The zero-order valence-corrected chi connectivity index (χ0v) is 12.0. The van der Waals surface area contributed by atoms with Gasteiger partial charge in [-0.1, -0.05) is 11.3 Å². The highest BCUT2D eigenvalue weighted by Crippen LogP contribution is 2.29. The van der Waals surface area contributed by atoms with Crippen LogP contribution in [0, 0.1) is 13.8 Å². The van der Waals surface area contributed by atoms with Crippen molar-refractivity contribution in [3.63, 3.8) is 0 Å². The number of hydrogen-bond acceptors (Lipinski definition) is 6. The van der Waals surface area contributed by atoms with Crippen LogP contribution >= 0.6 is 11.3 Å². The van der Waals surface area contributed by atoms with Gasteiger partial charge in [0.1, 0.15) is 5.82 Å². The molecule has 0 aliphatic heterocycles. The number of nitrogens with one attached hydrogen (secondary N) is 2. The van der Waals surface area contributed by atoms with E-state index in [1.54, 1.807) is 16.0 Å². The Bertz CT molecular complexity index is 688. The molecule has 0 aromatic carbocycles. The SMILES string of the molecule is Cc1nc(C(C)Nc2nc3c(s2)c(C)nn3C)n[nH]1. The van der Waals surface area contributed by atoms with Gasteiger partial charge in [-0.15, -0.1) is 0 Å². The Labute approximate surface area is 114 Å². The van der Waals surface area contributed by atoms with Gasteiger partial charge < -0.3 is 5.32 Å². The Kier molecular flexibility index (Phi) is 2.74. The summed E-state index contributed by atoms with van der Waals surface area (Å²) in [5.41, 5.74) is 1.91. The van der Waals surface area contributed by atoms with Gasteiger partial charge in [-0.25, -0.2) is 14.6 Å². The number of rotatable bonds is 3. The van der Waals surface area contributed by atoms with Crippen molar-refractivity contribution in [3.8, 4) is 0 Å². The van der Waals surface area contributed by atoms with Gasteiger partial charge in [0.2, 0.25) is 0 Å². The lowest BCUT2D eigenvalue weighted by Gasteiger charge is -2.07. The predicted octanol–water partition coefficient (Wildman–Crippen LogP) is 1.94. The summed E-state index contributed by atoms with van der Waals surface area (Å²) in [6.45, 7) is 5.89. The van der Waals surface area contributed by atoms with Crippen molar-refractivity contribution >= 4 is 26.8 Å². The van der Waals surface area contributed by atoms with E-state index in [0.717, 1.165) is 32.8 Å². The summed E-state index contributed by atoms with van der Waals surface area (Å²) in [5.74, 6) is 1.56. The molecule has 100 valence electrons. The maximum atomic E-state index is 4.55. The van der Waals surface area contributed by atoms with Gasteiger partial charge in [-0.05, 0) is 20.8 Å². The largest absolute Gasteiger partial charge is 0.352 e. The number of thiazole rings is 1.